The SMILES string of the molecule is CNC(c1nccnc1OC)C1C2C3CCC(C3)C21. The van der Waals surface area contributed by atoms with Crippen LogP contribution in [0.2, 0.25) is 0 Å². The molecule has 3 fully saturated rings. The summed E-state index contributed by atoms with van der Waals surface area (Å²) < 4.78 is 5.38. The molecule has 1 heterocycles. The molecule has 4 rings (SSSR count). The number of ether oxygens (including phenoxy) is 1. The third-order valence-corrected chi connectivity index (χ3v) is 5.67. The van der Waals surface area contributed by atoms with E-state index in [1.807, 2.05) is 7.05 Å². The van der Waals surface area contributed by atoms with Crippen molar-refractivity contribution in [1.82, 2.24) is 15.3 Å². The Hall–Kier alpha value is -1.16. The predicted octanol–water partition coefficient (Wildman–Crippen LogP) is 2.04. The van der Waals surface area contributed by atoms with Gasteiger partial charge in [0.1, 0.15) is 5.69 Å². The molecule has 3 saturated carbocycles. The fraction of sp³-hybridized carbons (Fsp3) is 0.733. The average Bonchev–Trinajstić information content (AvgIpc) is 2.88. The van der Waals surface area contributed by atoms with E-state index in [2.05, 4.69) is 15.3 Å². The van der Waals surface area contributed by atoms with Crippen molar-refractivity contribution >= 4 is 0 Å². The van der Waals surface area contributed by atoms with Crippen LogP contribution in [0.3, 0.4) is 0 Å². The number of hydrogen-bond donors (Lipinski definition) is 1. The molecule has 0 spiro atoms. The maximum absolute atomic E-state index is 5.38. The third-order valence-electron chi connectivity index (χ3n) is 5.67. The van der Waals surface area contributed by atoms with E-state index in [1.54, 1.807) is 19.5 Å². The standard InChI is InChI=1S/C15H21N3O/c1-16-13(14-15(19-2)18-6-5-17-14)12-10-8-3-4-9(7-8)11(10)12/h5-6,8-13,16H,3-4,7H2,1-2H3. The average molecular weight is 259 g/mol. The molecule has 1 aromatic rings. The topological polar surface area (TPSA) is 47.0 Å². The first-order valence-corrected chi connectivity index (χ1v) is 7.37. The second kappa shape index (κ2) is 4.17. The molecular formula is C15H21N3O. The Labute approximate surface area is 114 Å². The number of nitrogens with one attached hydrogen (secondary N) is 1. The van der Waals surface area contributed by atoms with Crippen LogP contribution in [0.25, 0.3) is 0 Å². The van der Waals surface area contributed by atoms with Crippen LogP contribution in [0.4, 0.5) is 0 Å². The first-order valence-electron chi connectivity index (χ1n) is 7.37. The number of hydrogen-bond acceptors (Lipinski definition) is 4. The molecule has 102 valence electrons. The number of methoxy groups -OCH3 is 1. The Morgan fingerprint density at radius 2 is 1.89 bits per heavy atom. The molecule has 19 heavy (non-hydrogen) atoms. The minimum atomic E-state index is 0.307. The summed E-state index contributed by atoms with van der Waals surface area (Å²) in [5.41, 5.74) is 0.992. The van der Waals surface area contributed by atoms with Gasteiger partial charge in [-0.3, -0.25) is 4.98 Å². The summed E-state index contributed by atoms with van der Waals surface area (Å²) in [7, 11) is 3.71. The summed E-state index contributed by atoms with van der Waals surface area (Å²) in [6, 6.07) is 0.307. The number of aromatic nitrogens is 2. The first-order chi connectivity index (χ1) is 9.35. The van der Waals surface area contributed by atoms with Crippen LogP contribution in [0.1, 0.15) is 31.0 Å². The molecule has 4 nitrogen and oxygen atoms in total. The highest BCUT2D eigenvalue weighted by atomic mass is 16.5. The molecule has 3 aliphatic rings. The molecule has 1 N–H and O–H groups in total. The van der Waals surface area contributed by atoms with Crippen LogP contribution in [0.15, 0.2) is 12.4 Å². The second-order valence-electron chi connectivity index (χ2n) is 6.28. The van der Waals surface area contributed by atoms with Gasteiger partial charge in [0.2, 0.25) is 5.88 Å². The van der Waals surface area contributed by atoms with Crippen molar-refractivity contribution in [1.29, 1.82) is 0 Å². The van der Waals surface area contributed by atoms with Crippen LogP contribution in [-0.4, -0.2) is 24.1 Å². The van der Waals surface area contributed by atoms with Crippen molar-refractivity contribution in [3.63, 3.8) is 0 Å². The summed E-state index contributed by atoms with van der Waals surface area (Å²) in [6.45, 7) is 0. The van der Waals surface area contributed by atoms with Crippen molar-refractivity contribution in [2.45, 2.75) is 25.3 Å². The van der Waals surface area contributed by atoms with E-state index in [0.717, 1.165) is 35.3 Å². The Bertz CT molecular complexity index is 476. The summed E-state index contributed by atoms with van der Waals surface area (Å²) in [5, 5.41) is 3.47. The van der Waals surface area contributed by atoms with Crippen molar-refractivity contribution in [2.24, 2.45) is 29.6 Å². The molecule has 1 aromatic heterocycles. The van der Waals surface area contributed by atoms with Crippen LogP contribution >= 0.6 is 0 Å². The van der Waals surface area contributed by atoms with Gasteiger partial charge in [-0.25, -0.2) is 4.98 Å². The fourth-order valence-electron chi connectivity index (χ4n) is 5.06. The van der Waals surface area contributed by atoms with Gasteiger partial charge in [-0.1, -0.05) is 0 Å². The second-order valence-corrected chi connectivity index (χ2v) is 6.28. The lowest BCUT2D eigenvalue weighted by Gasteiger charge is -2.20. The number of nitrogens with zero attached hydrogens (tertiary/aromatic N) is 2. The van der Waals surface area contributed by atoms with Crippen LogP contribution < -0.4 is 10.1 Å². The molecule has 0 aromatic carbocycles. The molecule has 5 atom stereocenters. The lowest BCUT2D eigenvalue weighted by molar-refractivity contribution is 0.347. The summed E-state index contributed by atoms with van der Waals surface area (Å²) in [4.78, 5) is 8.83. The Morgan fingerprint density at radius 3 is 2.53 bits per heavy atom. The molecule has 0 radical (unpaired) electrons. The van der Waals surface area contributed by atoms with Gasteiger partial charge in [0.25, 0.3) is 0 Å². The maximum atomic E-state index is 5.38. The van der Waals surface area contributed by atoms with Crippen LogP contribution in [-0.2, 0) is 0 Å². The molecular weight excluding hydrogens is 238 g/mol. The molecule has 5 unspecified atom stereocenters. The van der Waals surface area contributed by atoms with Crippen LogP contribution in [0.5, 0.6) is 5.88 Å². The summed E-state index contributed by atoms with van der Waals surface area (Å²) in [6.07, 6.45) is 7.87. The lowest BCUT2D eigenvalue weighted by Crippen LogP contribution is -2.24. The van der Waals surface area contributed by atoms with Gasteiger partial charge in [0.15, 0.2) is 0 Å². The van der Waals surface area contributed by atoms with Crippen molar-refractivity contribution in [3.8, 4) is 5.88 Å². The fourth-order valence-corrected chi connectivity index (χ4v) is 5.06. The lowest BCUT2D eigenvalue weighted by atomic mass is 9.95. The first kappa shape index (κ1) is 11.6. The Kier molecular flexibility index (Phi) is 2.56. The quantitative estimate of drug-likeness (QED) is 0.899. The normalized spacial score (nSPS) is 40.0. The van der Waals surface area contributed by atoms with Gasteiger partial charge >= 0.3 is 0 Å². The number of fused-ring (bicyclic) bond motifs is 5. The monoisotopic (exact) mass is 259 g/mol. The van der Waals surface area contributed by atoms with Gasteiger partial charge < -0.3 is 10.1 Å². The summed E-state index contributed by atoms with van der Waals surface area (Å²) >= 11 is 0. The van der Waals surface area contributed by atoms with E-state index in [1.165, 1.54) is 19.3 Å². The highest BCUT2D eigenvalue weighted by Gasteiger charge is 2.67. The van der Waals surface area contributed by atoms with Gasteiger partial charge in [0.05, 0.1) is 13.2 Å². The van der Waals surface area contributed by atoms with Crippen LogP contribution in [0, 0.1) is 29.6 Å². The highest BCUT2D eigenvalue weighted by Crippen LogP contribution is 2.72. The van der Waals surface area contributed by atoms with E-state index >= 15 is 0 Å². The minimum absolute atomic E-state index is 0.307. The van der Waals surface area contributed by atoms with Crippen molar-refractivity contribution < 1.29 is 4.74 Å². The zero-order chi connectivity index (χ0) is 13.0. The predicted molar refractivity (Wildman–Crippen MR) is 71.7 cm³/mol. The van der Waals surface area contributed by atoms with Gasteiger partial charge in [-0.05, 0) is 55.9 Å². The maximum Gasteiger partial charge on any atom is 0.237 e. The molecule has 4 heteroatoms. The van der Waals surface area contributed by atoms with E-state index in [4.69, 9.17) is 4.74 Å². The van der Waals surface area contributed by atoms with Crippen molar-refractivity contribution in [3.05, 3.63) is 18.1 Å². The highest BCUT2D eigenvalue weighted by molar-refractivity contribution is 5.27. The van der Waals surface area contributed by atoms with E-state index in [-0.39, 0.29) is 0 Å². The van der Waals surface area contributed by atoms with Gasteiger partial charge in [-0.15, -0.1) is 0 Å². The third kappa shape index (κ3) is 1.55. The zero-order valence-corrected chi connectivity index (χ0v) is 11.5. The Morgan fingerprint density at radius 1 is 1.21 bits per heavy atom. The molecule has 0 saturated heterocycles. The minimum Gasteiger partial charge on any atom is -0.480 e. The number of rotatable bonds is 4. The Balaban J connectivity index is 1.63. The largest absolute Gasteiger partial charge is 0.480 e. The van der Waals surface area contributed by atoms with Gasteiger partial charge in [-0.2, -0.15) is 0 Å². The van der Waals surface area contributed by atoms with E-state index in [0.29, 0.717) is 11.9 Å². The summed E-state index contributed by atoms with van der Waals surface area (Å²) in [5.74, 6) is 5.27. The zero-order valence-electron chi connectivity index (χ0n) is 11.5. The molecule has 0 amide bonds. The molecule has 2 bridgehead atoms. The van der Waals surface area contributed by atoms with E-state index < -0.39 is 0 Å². The van der Waals surface area contributed by atoms with Gasteiger partial charge in [0, 0.05) is 12.4 Å². The molecule has 3 aliphatic carbocycles. The van der Waals surface area contributed by atoms with Crippen molar-refractivity contribution in [2.75, 3.05) is 14.2 Å². The van der Waals surface area contributed by atoms with E-state index in [9.17, 15) is 0 Å². The molecule has 0 aliphatic heterocycles. The smallest absolute Gasteiger partial charge is 0.237 e.